The van der Waals surface area contributed by atoms with E-state index in [1.54, 1.807) is 60.7 Å². The van der Waals surface area contributed by atoms with Gasteiger partial charge in [-0.25, -0.2) is 4.79 Å². The van der Waals surface area contributed by atoms with Crippen molar-refractivity contribution in [1.82, 2.24) is 5.32 Å². The Hall–Kier alpha value is -2.62. The Kier molecular flexibility index (Phi) is 3.93. The van der Waals surface area contributed by atoms with Gasteiger partial charge in [0.25, 0.3) is 5.91 Å². The smallest absolute Gasteiger partial charge is 0.330 e. The van der Waals surface area contributed by atoms with Crippen LogP contribution in [0, 0.1) is 0 Å². The van der Waals surface area contributed by atoms with E-state index in [9.17, 15) is 14.7 Å². The van der Waals surface area contributed by atoms with E-state index in [-0.39, 0.29) is 0 Å². The van der Waals surface area contributed by atoms with Gasteiger partial charge in [-0.2, -0.15) is 0 Å². The number of nitrogens with one attached hydrogen (secondary N) is 1. The maximum Gasteiger partial charge on any atom is 0.330 e. The van der Waals surface area contributed by atoms with Gasteiger partial charge >= 0.3 is 5.97 Å². The topological polar surface area (TPSA) is 66.4 Å². The summed E-state index contributed by atoms with van der Waals surface area (Å²) in [5, 5.41) is 11.7. The van der Waals surface area contributed by atoms with E-state index in [0.717, 1.165) is 0 Å². The molecule has 1 atom stereocenters. The van der Waals surface area contributed by atoms with Crippen molar-refractivity contribution in [2.75, 3.05) is 0 Å². The van der Waals surface area contributed by atoms with Gasteiger partial charge in [-0.1, -0.05) is 48.5 Å². The summed E-state index contributed by atoms with van der Waals surface area (Å²) in [6.07, 6.45) is 0. The Bertz CT molecular complexity index is 566. The zero-order valence-corrected chi connectivity index (χ0v) is 10.1. The number of aliphatic carboxylic acids is 1. The molecule has 0 heterocycles. The maximum atomic E-state index is 12.0. The Morgan fingerprint density at radius 1 is 0.895 bits per heavy atom. The molecule has 96 valence electrons. The molecule has 0 saturated carbocycles. The van der Waals surface area contributed by atoms with Crippen molar-refractivity contribution in [3.05, 3.63) is 71.8 Å². The van der Waals surface area contributed by atoms with E-state index in [0.29, 0.717) is 11.1 Å². The molecule has 2 aromatic carbocycles. The van der Waals surface area contributed by atoms with Crippen molar-refractivity contribution in [3.63, 3.8) is 0 Å². The molecular weight excluding hydrogens is 242 g/mol. The van der Waals surface area contributed by atoms with Crippen LogP contribution in [-0.2, 0) is 4.79 Å². The molecule has 0 fully saturated rings. The molecule has 0 aliphatic heterocycles. The van der Waals surface area contributed by atoms with Crippen molar-refractivity contribution in [3.8, 4) is 0 Å². The van der Waals surface area contributed by atoms with E-state index in [1.807, 2.05) is 0 Å². The van der Waals surface area contributed by atoms with Gasteiger partial charge in [0.15, 0.2) is 6.04 Å². The van der Waals surface area contributed by atoms with Gasteiger partial charge < -0.3 is 10.4 Å². The molecule has 4 heteroatoms. The number of hydrogen-bond donors (Lipinski definition) is 2. The van der Waals surface area contributed by atoms with E-state index >= 15 is 0 Å². The fourth-order valence-electron chi connectivity index (χ4n) is 1.74. The summed E-state index contributed by atoms with van der Waals surface area (Å²) >= 11 is 0. The highest BCUT2D eigenvalue weighted by Crippen LogP contribution is 2.13. The Labute approximate surface area is 110 Å². The minimum Gasteiger partial charge on any atom is -0.479 e. The zero-order valence-electron chi connectivity index (χ0n) is 10.1. The van der Waals surface area contributed by atoms with E-state index in [4.69, 9.17) is 0 Å². The third kappa shape index (κ3) is 3.19. The number of amides is 1. The van der Waals surface area contributed by atoms with Crippen molar-refractivity contribution in [1.29, 1.82) is 0 Å². The SMILES string of the molecule is O=C(N[C@@H](C(=O)O)c1ccccc1)c1ccccc1. The van der Waals surface area contributed by atoms with Crippen molar-refractivity contribution in [2.24, 2.45) is 0 Å². The molecule has 0 aliphatic rings. The summed E-state index contributed by atoms with van der Waals surface area (Å²) in [6.45, 7) is 0. The van der Waals surface area contributed by atoms with Crippen LogP contribution in [0.3, 0.4) is 0 Å². The van der Waals surface area contributed by atoms with Crippen LogP contribution in [0.4, 0.5) is 0 Å². The number of rotatable bonds is 4. The lowest BCUT2D eigenvalue weighted by Gasteiger charge is -2.14. The Balaban J connectivity index is 2.19. The molecule has 0 bridgehead atoms. The van der Waals surface area contributed by atoms with Gasteiger partial charge in [0.1, 0.15) is 0 Å². The highest BCUT2D eigenvalue weighted by atomic mass is 16.4. The summed E-state index contributed by atoms with van der Waals surface area (Å²) in [6, 6.07) is 16.1. The van der Waals surface area contributed by atoms with E-state index in [1.165, 1.54) is 0 Å². The van der Waals surface area contributed by atoms with Crippen LogP contribution in [-0.4, -0.2) is 17.0 Å². The van der Waals surface area contributed by atoms with Crippen LogP contribution in [0.5, 0.6) is 0 Å². The first-order valence-corrected chi connectivity index (χ1v) is 5.82. The standard InChI is InChI=1S/C15H13NO3/c17-14(12-9-5-2-6-10-12)16-13(15(18)19)11-7-3-1-4-8-11/h1-10,13H,(H,16,17)(H,18,19)/t13-/m1/s1. The average Bonchev–Trinajstić information content (AvgIpc) is 2.46. The highest BCUT2D eigenvalue weighted by molar-refractivity contribution is 5.96. The quantitative estimate of drug-likeness (QED) is 0.880. The van der Waals surface area contributed by atoms with Crippen molar-refractivity contribution in [2.45, 2.75) is 6.04 Å². The molecule has 19 heavy (non-hydrogen) atoms. The number of benzene rings is 2. The normalized spacial score (nSPS) is 11.6. The second-order valence-electron chi connectivity index (χ2n) is 4.02. The molecule has 0 aliphatic carbocycles. The minimum atomic E-state index is -1.09. The summed E-state index contributed by atoms with van der Waals surface area (Å²) in [5.41, 5.74) is 0.976. The van der Waals surface area contributed by atoms with Crippen molar-refractivity contribution >= 4 is 11.9 Å². The van der Waals surface area contributed by atoms with Gasteiger partial charge in [0, 0.05) is 5.56 Å². The van der Waals surface area contributed by atoms with E-state index in [2.05, 4.69) is 5.32 Å². The fraction of sp³-hybridized carbons (Fsp3) is 0.0667. The summed E-state index contributed by atoms with van der Waals surface area (Å²) in [7, 11) is 0. The van der Waals surface area contributed by atoms with Gasteiger partial charge in [-0.3, -0.25) is 4.79 Å². The van der Waals surface area contributed by atoms with Gasteiger partial charge in [-0.15, -0.1) is 0 Å². The van der Waals surface area contributed by atoms with Crippen molar-refractivity contribution < 1.29 is 14.7 Å². The second kappa shape index (κ2) is 5.82. The number of carbonyl (C=O) groups excluding carboxylic acids is 1. The lowest BCUT2D eigenvalue weighted by molar-refractivity contribution is -0.139. The second-order valence-corrected chi connectivity index (χ2v) is 4.02. The molecule has 0 aromatic heterocycles. The number of carboxylic acid groups (broad SMARTS) is 1. The molecule has 0 saturated heterocycles. The van der Waals surface area contributed by atoms with E-state index < -0.39 is 17.9 Å². The predicted molar refractivity (Wildman–Crippen MR) is 70.7 cm³/mol. The summed E-state index contributed by atoms with van der Waals surface area (Å²) in [5.74, 6) is -1.49. The van der Waals surface area contributed by atoms with Crippen LogP contribution in [0.15, 0.2) is 60.7 Å². The number of hydrogen-bond acceptors (Lipinski definition) is 2. The molecule has 0 unspecified atom stereocenters. The third-order valence-electron chi connectivity index (χ3n) is 2.69. The summed E-state index contributed by atoms with van der Waals surface area (Å²) in [4.78, 5) is 23.2. The Morgan fingerprint density at radius 3 is 1.95 bits per heavy atom. The first kappa shape index (κ1) is 12.8. The largest absolute Gasteiger partial charge is 0.479 e. The number of carboxylic acids is 1. The molecular formula is C15H13NO3. The molecule has 0 radical (unpaired) electrons. The van der Waals surface area contributed by atoms with Gasteiger partial charge in [0.05, 0.1) is 0 Å². The Morgan fingerprint density at radius 2 is 1.42 bits per heavy atom. The van der Waals surface area contributed by atoms with Crippen LogP contribution >= 0.6 is 0 Å². The number of carbonyl (C=O) groups is 2. The van der Waals surface area contributed by atoms with Gasteiger partial charge in [-0.05, 0) is 17.7 Å². The van der Waals surface area contributed by atoms with Crippen LogP contribution in [0.25, 0.3) is 0 Å². The predicted octanol–water partition coefficient (Wildman–Crippen LogP) is 2.24. The molecule has 2 aromatic rings. The first-order valence-electron chi connectivity index (χ1n) is 5.82. The average molecular weight is 255 g/mol. The lowest BCUT2D eigenvalue weighted by atomic mass is 10.1. The monoisotopic (exact) mass is 255 g/mol. The zero-order chi connectivity index (χ0) is 13.7. The highest BCUT2D eigenvalue weighted by Gasteiger charge is 2.22. The molecule has 2 N–H and O–H groups in total. The minimum absolute atomic E-state index is 0.406. The third-order valence-corrected chi connectivity index (χ3v) is 2.69. The fourth-order valence-corrected chi connectivity index (χ4v) is 1.74. The van der Waals surface area contributed by atoms with Gasteiger partial charge in [0.2, 0.25) is 0 Å². The molecule has 2 rings (SSSR count). The molecule has 4 nitrogen and oxygen atoms in total. The molecule has 0 spiro atoms. The summed E-state index contributed by atoms with van der Waals surface area (Å²) < 4.78 is 0. The lowest BCUT2D eigenvalue weighted by Crippen LogP contribution is -2.33. The van der Waals surface area contributed by atoms with Crippen LogP contribution in [0.2, 0.25) is 0 Å². The molecule has 1 amide bonds. The first-order chi connectivity index (χ1) is 9.18. The van der Waals surface area contributed by atoms with Crippen LogP contribution in [0.1, 0.15) is 22.0 Å². The van der Waals surface area contributed by atoms with Crippen LogP contribution < -0.4 is 5.32 Å². The maximum absolute atomic E-state index is 12.0.